The van der Waals surface area contributed by atoms with Crippen molar-refractivity contribution >= 4 is 12.2 Å². The van der Waals surface area contributed by atoms with Crippen LogP contribution in [0.2, 0.25) is 0 Å². The van der Waals surface area contributed by atoms with Gasteiger partial charge in [0.2, 0.25) is 0 Å². The fraction of sp³-hybridized carbons (Fsp3) is 0.500. The molecule has 4 nitrogen and oxygen atoms in total. The predicted octanol–water partition coefficient (Wildman–Crippen LogP) is 3.97. The molecule has 1 fully saturated rings. The van der Waals surface area contributed by atoms with Crippen LogP contribution < -0.4 is 0 Å². The highest BCUT2D eigenvalue weighted by Gasteiger charge is 2.40. The van der Waals surface area contributed by atoms with Crippen molar-refractivity contribution in [3.8, 4) is 0 Å². The van der Waals surface area contributed by atoms with Gasteiger partial charge in [-0.3, -0.25) is 0 Å². The van der Waals surface area contributed by atoms with Crippen molar-refractivity contribution in [2.75, 3.05) is 19.6 Å². The average Bonchev–Trinajstić information content (AvgIpc) is 3.10. The predicted molar refractivity (Wildman–Crippen MR) is 80.1 cm³/mol. The van der Waals surface area contributed by atoms with Gasteiger partial charge in [-0.1, -0.05) is 6.07 Å². The molecule has 9 heteroatoms. The highest BCUT2D eigenvalue weighted by atomic mass is 19.4. The number of hydrogen-bond donors (Lipinski definition) is 0. The lowest BCUT2D eigenvalue weighted by atomic mass is 9.86. The minimum atomic E-state index is -4.97. The second-order valence-electron chi connectivity index (χ2n) is 6.08. The Balaban J connectivity index is 1.76. The Kier molecular flexibility index (Phi) is 4.66. The van der Waals surface area contributed by atoms with Crippen molar-refractivity contribution in [3.63, 3.8) is 0 Å². The quantitative estimate of drug-likeness (QED) is 0.697. The van der Waals surface area contributed by atoms with Crippen LogP contribution in [0.5, 0.6) is 0 Å². The second kappa shape index (κ2) is 6.61. The van der Waals surface area contributed by atoms with Gasteiger partial charge < -0.3 is 4.90 Å². The van der Waals surface area contributed by atoms with Crippen LogP contribution in [-0.4, -0.2) is 41.8 Å². The summed E-state index contributed by atoms with van der Waals surface area (Å²) in [6, 6.07) is 1.43. The molecule has 3 rings (SSSR count). The zero-order chi connectivity index (χ0) is 18.2. The average molecular weight is 361 g/mol. The highest BCUT2D eigenvalue weighted by molar-refractivity contribution is 5.77. The van der Waals surface area contributed by atoms with Crippen LogP contribution in [0.25, 0.3) is 0 Å². The van der Waals surface area contributed by atoms with Gasteiger partial charge in [-0.05, 0) is 30.4 Å². The first-order valence-corrected chi connectivity index (χ1v) is 7.93. The Morgan fingerprint density at radius 2 is 1.80 bits per heavy atom. The summed E-state index contributed by atoms with van der Waals surface area (Å²) in [5, 5.41) is 5.25. The topological polar surface area (TPSA) is 35.9 Å². The van der Waals surface area contributed by atoms with Gasteiger partial charge in [0, 0.05) is 25.7 Å². The third-order valence-corrected chi connectivity index (χ3v) is 4.53. The smallest absolute Gasteiger partial charge is 0.323 e. The zero-order valence-corrected chi connectivity index (χ0v) is 13.2. The van der Waals surface area contributed by atoms with E-state index in [4.69, 9.17) is 0 Å². The van der Waals surface area contributed by atoms with Crippen molar-refractivity contribution in [2.24, 2.45) is 5.10 Å². The maximum atomic E-state index is 13.7. The van der Waals surface area contributed by atoms with Crippen molar-refractivity contribution in [1.29, 1.82) is 0 Å². The van der Waals surface area contributed by atoms with E-state index in [-0.39, 0.29) is 37.5 Å². The molecule has 2 heterocycles. The second-order valence-corrected chi connectivity index (χ2v) is 6.08. The Hall–Kier alpha value is -2.19. The molecule has 0 spiro atoms. The first-order valence-electron chi connectivity index (χ1n) is 7.93. The Bertz CT molecular complexity index is 696. The first kappa shape index (κ1) is 17.6. The zero-order valence-electron chi connectivity index (χ0n) is 13.2. The number of nitrogens with zero attached hydrogens (tertiary/aromatic N) is 3. The molecule has 1 saturated heterocycles. The number of amides is 2. The van der Waals surface area contributed by atoms with E-state index in [0.717, 1.165) is 12.1 Å². The number of hydrazone groups is 1. The lowest BCUT2D eigenvalue weighted by molar-refractivity contribution is -0.141. The third-order valence-electron chi connectivity index (χ3n) is 4.53. The first-order chi connectivity index (χ1) is 11.8. The molecule has 0 radical (unpaired) electrons. The summed E-state index contributed by atoms with van der Waals surface area (Å²) in [6.45, 7) is 0.970. The lowest BCUT2D eigenvalue weighted by Gasteiger charge is -2.34. The highest BCUT2D eigenvalue weighted by Crippen LogP contribution is 2.41. The normalized spacial score (nSPS) is 18.9. The van der Waals surface area contributed by atoms with Crippen LogP contribution in [0.15, 0.2) is 17.2 Å². The fourth-order valence-corrected chi connectivity index (χ4v) is 3.28. The molecule has 0 aromatic heterocycles. The maximum Gasteiger partial charge on any atom is 0.419 e. The number of rotatable bonds is 1. The molecule has 0 saturated carbocycles. The van der Waals surface area contributed by atoms with Gasteiger partial charge >= 0.3 is 12.2 Å². The maximum absolute atomic E-state index is 13.7. The molecule has 0 aliphatic carbocycles. The molecule has 2 amide bonds. The molecule has 0 N–H and O–H groups in total. The number of likely N-dealkylation sites (tertiary alicyclic amines) is 1. The monoisotopic (exact) mass is 361 g/mol. The molecule has 0 atom stereocenters. The van der Waals surface area contributed by atoms with E-state index in [0.29, 0.717) is 13.0 Å². The van der Waals surface area contributed by atoms with Gasteiger partial charge in [-0.25, -0.2) is 18.6 Å². The van der Waals surface area contributed by atoms with Crippen LogP contribution in [0, 0.1) is 11.6 Å². The van der Waals surface area contributed by atoms with Gasteiger partial charge in [0.25, 0.3) is 0 Å². The van der Waals surface area contributed by atoms with E-state index in [1.54, 1.807) is 6.21 Å². The molecule has 1 aromatic rings. The van der Waals surface area contributed by atoms with Crippen LogP contribution in [0.4, 0.5) is 26.7 Å². The van der Waals surface area contributed by atoms with Crippen LogP contribution in [0.1, 0.15) is 36.3 Å². The fourth-order valence-electron chi connectivity index (χ4n) is 3.28. The van der Waals surface area contributed by atoms with Crippen molar-refractivity contribution in [1.82, 2.24) is 9.91 Å². The van der Waals surface area contributed by atoms with Gasteiger partial charge in [-0.2, -0.15) is 18.3 Å². The van der Waals surface area contributed by atoms with Crippen LogP contribution >= 0.6 is 0 Å². The van der Waals surface area contributed by atoms with E-state index < -0.39 is 29.3 Å². The van der Waals surface area contributed by atoms with Crippen molar-refractivity contribution in [3.05, 3.63) is 34.9 Å². The van der Waals surface area contributed by atoms with Gasteiger partial charge in [-0.15, -0.1) is 0 Å². The number of carbonyl (C=O) groups is 1. The van der Waals surface area contributed by atoms with E-state index >= 15 is 0 Å². The Morgan fingerprint density at radius 3 is 2.36 bits per heavy atom. The SMILES string of the molecule is O=C(N1CCC(c2ccc(F)c(F)c2C(F)(F)F)CC1)N1CCC=N1. The van der Waals surface area contributed by atoms with Crippen LogP contribution in [0.3, 0.4) is 0 Å². The molecular formula is C16H16F5N3O. The molecule has 0 bridgehead atoms. The summed E-state index contributed by atoms with van der Waals surface area (Å²) in [6.07, 6.45) is -2.18. The molecule has 1 aromatic carbocycles. The van der Waals surface area contributed by atoms with Crippen molar-refractivity contribution < 1.29 is 26.7 Å². The molecular weight excluding hydrogens is 345 g/mol. The summed E-state index contributed by atoms with van der Waals surface area (Å²) >= 11 is 0. The number of benzene rings is 1. The van der Waals surface area contributed by atoms with E-state index in [1.165, 1.54) is 9.91 Å². The van der Waals surface area contributed by atoms with E-state index in [9.17, 15) is 26.7 Å². The number of urea groups is 1. The summed E-state index contributed by atoms with van der Waals surface area (Å²) in [4.78, 5) is 13.7. The standard InChI is InChI=1S/C16H16F5N3O/c17-12-3-2-11(13(14(12)18)16(19,20)21)10-4-8-23(9-5-10)15(25)24-7-1-6-22-24/h2-3,6,10H,1,4-5,7-9H2. The number of piperidine rings is 1. The Labute approximate surface area is 140 Å². The van der Waals surface area contributed by atoms with Crippen LogP contribution in [-0.2, 0) is 6.18 Å². The number of halogens is 5. The van der Waals surface area contributed by atoms with Crippen molar-refractivity contribution in [2.45, 2.75) is 31.4 Å². The molecule has 0 unspecified atom stereocenters. The van der Waals surface area contributed by atoms with E-state index in [2.05, 4.69) is 5.10 Å². The number of hydrogen-bond acceptors (Lipinski definition) is 2. The molecule has 136 valence electrons. The third kappa shape index (κ3) is 3.45. The van der Waals surface area contributed by atoms with Gasteiger partial charge in [0.05, 0.1) is 12.1 Å². The minimum Gasteiger partial charge on any atom is -0.323 e. The lowest BCUT2D eigenvalue weighted by Crippen LogP contribution is -2.44. The summed E-state index contributed by atoms with van der Waals surface area (Å²) in [5.74, 6) is -3.97. The van der Waals surface area contributed by atoms with Gasteiger partial charge in [0.1, 0.15) is 0 Å². The minimum absolute atomic E-state index is 0.242. The number of carbonyl (C=O) groups excluding carboxylic acids is 1. The van der Waals surface area contributed by atoms with E-state index in [1.807, 2.05) is 0 Å². The molecule has 25 heavy (non-hydrogen) atoms. The largest absolute Gasteiger partial charge is 0.419 e. The van der Waals surface area contributed by atoms with Gasteiger partial charge in [0.15, 0.2) is 11.6 Å². The summed E-state index contributed by atoms with van der Waals surface area (Å²) < 4.78 is 66.5. The number of alkyl halides is 3. The summed E-state index contributed by atoms with van der Waals surface area (Å²) in [5.41, 5.74) is -1.79. The summed E-state index contributed by atoms with van der Waals surface area (Å²) in [7, 11) is 0. The molecule has 2 aliphatic rings. The molecule has 2 aliphatic heterocycles. The Morgan fingerprint density at radius 1 is 1.12 bits per heavy atom.